The third-order valence-corrected chi connectivity index (χ3v) is 2.70. The topological polar surface area (TPSA) is 88.7 Å². The molecule has 1 aromatic carbocycles. The fraction of sp³-hybridized carbons (Fsp3) is 0.385. The van der Waals surface area contributed by atoms with Crippen molar-refractivity contribution in [2.24, 2.45) is 10.7 Å². The van der Waals surface area contributed by atoms with Crippen LogP contribution in [0.15, 0.2) is 29.3 Å². The van der Waals surface area contributed by atoms with Gasteiger partial charge in [-0.2, -0.15) is 0 Å². The van der Waals surface area contributed by atoms with Gasteiger partial charge in [0.25, 0.3) is 0 Å². The standard InChI is InChI=1S/C13H18N4O2.HI/c1-19-11-6-4-10(5-7-11)17-13(14)15-8-12(18)16-9-2-3-9;/h4-7,9H,2-3,8H2,1H3,(H,16,18)(H3,14,15,17);1H. The van der Waals surface area contributed by atoms with E-state index in [2.05, 4.69) is 15.6 Å². The molecule has 1 saturated carbocycles. The first kappa shape index (κ1) is 16.5. The molecule has 0 bridgehead atoms. The van der Waals surface area contributed by atoms with Gasteiger partial charge in [-0.1, -0.05) is 0 Å². The Morgan fingerprint density at radius 1 is 1.40 bits per heavy atom. The van der Waals surface area contributed by atoms with E-state index in [1.54, 1.807) is 7.11 Å². The molecule has 0 atom stereocenters. The molecule has 6 nitrogen and oxygen atoms in total. The number of nitrogens with one attached hydrogen (secondary N) is 2. The fourth-order valence-corrected chi connectivity index (χ4v) is 1.52. The van der Waals surface area contributed by atoms with Crippen molar-refractivity contribution < 1.29 is 9.53 Å². The van der Waals surface area contributed by atoms with Gasteiger partial charge < -0.3 is 21.1 Å². The van der Waals surface area contributed by atoms with Crippen molar-refractivity contribution in [1.29, 1.82) is 0 Å². The van der Waals surface area contributed by atoms with E-state index in [-0.39, 0.29) is 42.4 Å². The van der Waals surface area contributed by atoms with Crippen LogP contribution in [0.3, 0.4) is 0 Å². The van der Waals surface area contributed by atoms with Crippen LogP contribution in [0.5, 0.6) is 5.75 Å². The lowest BCUT2D eigenvalue weighted by Crippen LogP contribution is -2.30. The van der Waals surface area contributed by atoms with Crippen molar-refractivity contribution in [2.75, 3.05) is 19.0 Å². The Kier molecular flexibility index (Phi) is 6.56. The number of carbonyl (C=O) groups excluding carboxylic acids is 1. The van der Waals surface area contributed by atoms with E-state index in [9.17, 15) is 4.79 Å². The minimum absolute atomic E-state index is 0. The number of halogens is 1. The molecular weight excluding hydrogens is 371 g/mol. The molecule has 0 aromatic heterocycles. The van der Waals surface area contributed by atoms with Crippen molar-refractivity contribution in [3.8, 4) is 5.75 Å². The number of nitrogens with two attached hydrogens (primary N) is 1. The van der Waals surface area contributed by atoms with Crippen LogP contribution in [0, 0.1) is 0 Å². The molecule has 0 radical (unpaired) electrons. The zero-order valence-corrected chi connectivity index (χ0v) is 13.6. The molecule has 0 spiro atoms. The van der Waals surface area contributed by atoms with Gasteiger partial charge in [-0.3, -0.25) is 4.79 Å². The summed E-state index contributed by atoms with van der Waals surface area (Å²) in [6.45, 7) is 0.0471. The summed E-state index contributed by atoms with van der Waals surface area (Å²) in [7, 11) is 1.61. The quantitative estimate of drug-likeness (QED) is 0.402. The molecular formula is C13H19IN4O2. The summed E-state index contributed by atoms with van der Waals surface area (Å²) in [6.07, 6.45) is 2.13. The zero-order valence-electron chi connectivity index (χ0n) is 11.3. The van der Waals surface area contributed by atoms with Crippen LogP contribution < -0.4 is 21.1 Å². The molecule has 1 aliphatic carbocycles. The van der Waals surface area contributed by atoms with Crippen molar-refractivity contribution in [3.05, 3.63) is 24.3 Å². The molecule has 2 rings (SSSR count). The van der Waals surface area contributed by atoms with E-state index in [1.165, 1.54) is 0 Å². The Hall–Kier alpha value is -1.51. The zero-order chi connectivity index (χ0) is 13.7. The third-order valence-electron chi connectivity index (χ3n) is 2.70. The first-order valence-corrected chi connectivity index (χ1v) is 6.18. The van der Waals surface area contributed by atoms with Gasteiger partial charge in [-0.15, -0.1) is 24.0 Å². The minimum atomic E-state index is -0.0954. The predicted octanol–water partition coefficient (Wildman–Crippen LogP) is 1.32. The van der Waals surface area contributed by atoms with Gasteiger partial charge in [-0.25, -0.2) is 4.99 Å². The number of ether oxygens (including phenoxy) is 1. The van der Waals surface area contributed by atoms with Gasteiger partial charge >= 0.3 is 0 Å². The molecule has 1 amide bonds. The third kappa shape index (κ3) is 5.64. The van der Waals surface area contributed by atoms with Crippen LogP contribution in [0.4, 0.5) is 5.69 Å². The molecule has 0 unspecified atom stereocenters. The smallest absolute Gasteiger partial charge is 0.242 e. The van der Waals surface area contributed by atoms with E-state index >= 15 is 0 Å². The lowest BCUT2D eigenvalue weighted by Gasteiger charge is -2.06. The monoisotopic (exact) mass is 390 g/mol. The molecule has 0 heterocycles. The van der Waals surface area contributed by atoms with Crippen molar-refractivity contribution >= 4 is 41.5 Å². The van der Waals surface area contributed by atoms with E-state index in [0.29, 0.717) is 6.04 Å². The Morgan fingerprint density at radius 3 is 2.60 bits per heavy atom. The average molecular weight is 390 g/mol. The summed E-state index contributed by atoms with van der Waals surface area (Å²) < 4.78 is 5.05. The summed E-state index contributed by atoms with van der Waals surface area (Å²) in [6, 6.07) is 7.63. The number of rotatable bonds is 5. The highest BCUT2D eigenvalue weighted by Crippen LogP contribution is 2.18. The Morgan fingerprint density at radius 2 is 2.05 bits per heavy atom. The SMILES string of the molecule is COc1ccc(NC(N)=NCC(=O)NC2CC2)cc1.I. The second kappa shape index (κ2) is 7.93. The Labute approximate surface area is 135 Å². The summed E-state index contributed by atoms with van der Waals surface area (Å²) in [5.74, 6) is 0.892. The number of carbonyl (C=O) groups is 1. The number of amides is 1. The molecule has 0 aliphatic heterocycles. The molecule has 1 fully saturated rings. The summed E-state index contributed by atoms with van der Waals surface area (Å²) in [5.41, 5.74) is 6.49. The Balaban J connectivity index is 0.00000200. The molecule has 0 saturated heterocycles. The lowest BCUT2D eigenvalue weighted by atomic mass is 10.3. The number of nitrogens with zero attached hydrogens (tertiary/aromatic N) is 1. The second-order valence-electron chi connectivity index (χ2n) is 4.40. The van der Waals surface area contributed by atoms with Gasteiger partial charge in [0, 0.05) is 11.7 Å². The van der Waals surface area contributed by atoms with Gasteiger partial charge in [0.05, 0.1) is 7.11 Å². The minimum Gasteiger partial charge on any atom is -0.497 e. The van der Waals surface area contributed by atoms with E-state index < -0.39 is 0 Å². The van der Waals surface area contributed by atoms with Crippen LogP contribution >= 0.6 is 24.0 Å². The first-order valence-electron chi connectivity index (χ1n) is 6.18. The van der Waals surface area contributed by atoms with Gasteiger partial charge in [-0.05, 0) is 37.1 Å². The van der Waals surface area contributed by atoms with Gasteiger partial charge in [0.15, 0.2) is 5.96 Å². The lowest BCUT2D eigenvalue weighted by molar-refractivity contribution is -0.119. The maximum Gasteiger partial charge on any atom is 0.242 e. The summed E-state index contributed by atoms with van der Waals surface area (Å²) in [5, 5.41) is 5.75. The highest BCUT2D eigenvalue weighted by atomic mass is 127. The molecule has 110 valence electrons. The van der Waals surface area contributed by atoms with Crippen LogP contribution in [0.25, 0.3) is 0 Å². The van der Waals surface area contributed by atoms with Crippen LogP contribution in [-0.2, 0) is 4.79 Å². The molecule has 20 heavy (non-hydrogen) atoms. The number of methoxy groups -OCH3 is 1. The number of hydrogen-bond acceptors (Lipinski definition) is 3. The van der Waals surface area contributed by atoms with E-state index in [4.69, 9.17) is 10.5 Å². The van der Waals surface area contributed by atoms with Gasteiger partial charge in [0.1, 0.15) is 12.3 Å². The predicted molar refractivity (Wildman–Crippen MR) is 89.7 cm³/mol. The second-order valence-corrected chi connectivity index (χ2v) is 4.40. The van der Waals surface area contributed by atoms with Crippen LogP contribution in [-0.4, -0.2) is 31.6 Å². The Bertz CT molecular complexity index is 472. The van der Waals surface area contributed by atoms with Crippen molar-refractivity contribution in [2.45, 2.75) is 18.9 Å². The van der Waals surface area contributed by atoms with E-state index in [0.717, 1.165) is 24.3 Å². The summed E-state index contributed by atoms with van der Waals surface area (Å²) >= 11 is 0. The highest BCUT2D eigenvalue weighted by Gasteiger charge is 2.22. The fourth-order valence-electron chi connectivity index (χ4n) is 1.52. The number of anilines is 1. The molecule has 4 N–H and O–H groups in total. The van der Waals surface area contributed by atoms with Gasteiger partial charge in [0.2, 0.25) is 5.91 Å². The first-order chi connectivity index (χ1) is 9.17. The molecule has 1 aliphatic rings. The number of guanidine groups is 1. The maximum atomic E-state index is 11.4. The van der Waals surface area contributed by atoms with Crippen molar-refractivity contribution in [1.82, 2.24) is 5.32 Å². The van der Waals surface area contributed by atoms with E-state index in [1.807, 2.05) is 24.3 Å². The highest BCUT2D eigenvalue weighted by molar-refractivity contribution is 14.0. The number of benzene rings is 1. The van der Waals surface area contributed by atoms with Crippen molar-refractivity contribution in [3.63, 3.8) is 0 Å². The number of aliphatic imine (C=N–C) groups is 1. The summed E-state index contributed by atoms with van der Waals surface area (Å²) in [4.78, 5) is 15.4. The molecule has 1 aromatic rings. The normalized spacial score (nSPS) is 14.2. The number of hydrogen-bond donors (Lipinski definition) is 3. The van der Waals surface area contributed by atoms with Crippen LogP contribution in [0.1, 0.15) is 12.8 Å². The van der Waals surface area contributed by atoms with Crippen LogP contribution in [0.2, 0.25) is 0 Å². The molecule has 7 heteroatoms. The average Bonchev–Trinajstić information content (AvgIpc) is 3.21. The largest absolute Gasteiger partial charge is 0.497 e. The maximum absolute atomic E-state index is 11.4.